The summed E-state index contributed by atoms with van der Waals surface area (Å²) in [6.45, 7) is 6.90. The molecule has 0 bridgehead atoms. The first-order chi connectivity index (χ1) is 13.3. The zero-order chi connectivity index (χ0) is 21.7. The second-order valence-electron chi connectivity index (χ2n) is 7.59. The highest BCUT2D eigenvalue weighted by atomic mass is 32.2. The van der Waals surface area contributed by atoms with Crippen LogP contribution in [0, 0.1) is 33.6 Å². The molecule has 0 spiro atoms. The number of nitrogens with one attached hydrogen (secondary N) is 1. The summed E-state index contributed by atoms with van der Waals surface area (Å²) in [5.41, 5.74) is 1.89. The molecule has 1 aliphatic rings. The largest absolute Gasteiger partial charge is 0.416 e. The Hall–Kier alpha value is -2.35. The van der Waals surface area contributed by atoms with Crippen LogP contribution >= 0.6 is 0 Å². The summed E-state index contributed by atoms with van der Waals surface area (Å²) < 4.78 is 67.5. The molecule has 0 radical (unpaired) electrons. The lowest BCUT2D eigenvalue weighted by Crippen LogP contribution is -2.33. The number of sulfonamides is 1. The van der Waals surface area contributed by atoms with Crippen LogP contribution < -0.4 is 4.72 Å². The number of rotatable bonds is 4. The van der Waals surface area contributed by atoms with Gasteiger partial charge < -0.3 is 0 Å². The molecule has 3 rings (SSSR count). The Morgan fingerprint density at radius 1 is 1.03 bits per heavy atom. The van der Waals surface area contributed by atoms with Crippen molar-refractivity contribution in [3.8, 4) is 0 Å². The topological polar surface area (TPSA) is 63.2 Å². The van der Waals surface area contributed by atoms with E-state index in [1.54, 1.807) is 27.7 Å². The Balaban J connectivity index is 1.85. The fourth-order valence-electron chi connectivity index (χ4n) is 3.75. The molecule has 1 fully saturated rings. The highest BCUT2D eigenvalue weighted by Crippen LogP contribution is 2.51. The summed E-state index contributed by atoms with van der Waals surface area (Å²) in [7, 11) is -4.14. The minimum Gasteiger partial charge on any atom is -0.274 e. The Morgan fingerprint density at radius 2 is 1.59 bits per heavy atom. The molecule has 1 aliphatic carbocycles. The summed E-state index contributed by atoms with van der Waals surface area (Å²) in [4.78, 5) is 12.6. The summed E-state index contributed by atoms with van der Waals surface area (Å²) in [6.07, 6.45) is -4.35. The average molecular weight is 425 g/mol. The normalized spacial score (nSPS) is 19.1. The molecule has 1 saturated carbocycles. The van der Waals surface area contributed by atoms with Crippen LogP contribution in [0.1, 0.15) is 45.7 Å². The average Bonchev–Trinajstić information content (AvgIpc) is 3.40. The van der Waals surface area contributed by atoms with Crippen molar-refractivity contribution in [3.05, 3.63) is 63.7 Å². The van der Waals surface area contributed by atoms with Crippen molar-refractivity contribution in [3.63, 3.8) is 0 Å². The molecule has 4 nitrogen and oxygen atoms in total. The third-order valence-corrected chi connectivity index (χ3v) is 7.21. The predicted octanol–water partition coefficient (Wildman–Crippen LogP) is 4.55. The lowest BCUT2D eigenvalue weighted by atomic mass is 10.0. The van der Waals surface area contributed by atoms with Crippen LogP contribution in [0.15, 0.2) is 35.2 Å². The van der Waals surface area contributed by atoms with E-state index in [9.17, 15) is 26.4 Å². The van der Waals surface area contributed by atoms with Crippen molar-refractivity contribution in [2.45, 2.75) is 51.1 Å². The number of benzene rings is 2. The fourth-order valence-corrected chi connectivity index (χ4v) is 5.40. The highest BCUT2D eigenvalue weighted by Gasteiger charge is 2.48. The summed E-state index contributed by atoms with van der Waals surface area (Å²) in [5.74, 6) is -2.23. The molecule has 2 aromatic rings. The first kappa shape index (κ1) is 21.4. The third kappa shape index (κ3) is 4.03. The van der Waals surface area contributed by atoms with Gasteiger partial charge in [0, 0.05) is 5.92 Å². The number of hydrogen-bond donors (Lipinski definition) is 1. The third-order valence-electron chi connectivity index (χ3n) is 5.59. The maximum atomic E-state index is 13.2. The first-order valence-corrected chi connectivity index (χ1v) is 10.6. The van der Waals surface area contributed by atoms with Gasteiger partial charge in [0.05, 0.1) is 10.5 Å². The van der Waals surface area contributed by atoms with Crippen LogP contribution in [0.3, 0.4) is 0 Å². The fraction of sp³-hybridized carbons (Fsp3) is 0.381. The smallest absolute Gasteiger partial charge is 0.274 e. The van der Waals surface area contributed by atoms with Gasteiger partial charge in [0.15, 0.2) is 0 Å². The van der Waals surface area contributed by atoms with E-state index in [1.807, 2.05) is 6.07 Å². The molecular weight excluding hydrogens is 403 g/mol. The van der Waals surface area contributed by atoms with Crippen LogP contribution in [-0.4, -0.2) is 14.3 Å². The van der Waals surface area contributed by atoms with E-state index in [0.29, 0.717) is 11.1 Å². The molecule has 0 aliphatic heterocycles. The maximum absolute atomic E-state index is 13.2. The summed E-state index contributed by atoms with van der Waals surface area (Å²) in [6, 6.07) is 6.96. The van der Waals surface area contributed by atoms with Gasteiger partial charge in [0.2, 0.25) is 5.91 Å². The van der Waals surface area contributed by atoms with Crippen LogP contribution in [0.25, 0.3) is 0 Å². The minimum absolute atomic E-state index is 0.0244. The predicted molar refractivity (Wildman–Crippen MR) is 103 cm³/mol. The number of hydrogen-bond acceptors (Lipinski definition) is 3. The Morgan fingerprint density at radius 3 is 2.14 bits per heavy atom. The van der Waals surface area contributed by atoms with Crippen molar-refractivity contribution >= 4 is 15.9 Å². The zero-order valence-electron chi connectivity index (χ0n) is 16.5. The Kier molecular flexibility index (Phi) is 5.28. The lowest BCUT2D eigenvalue weighted by Gasteiger charge is -2.16. The van der Waals surface area contributed by atoms with Gasteiger partial charge >= 0.3 is 6.18 Å². The number of alkyl halides is 3. The molecule has 156 valence electrons. The van der Waals surface area contributed by atoms with Crippen molar-refractivity contribution < 1.29 is 26.4 Å². The van der Waals surface area contributed by atoms with Gasteiger partial charge in [0.25, 0.3) is 10.0 Å². The maximum Gasteiger partial charge on any atom is 0.416 e. The van der Waals surface area contributed by atoms with Crippen LogP contribution in [-0.2, 0) is 21.0 Å². The van der Waals surface area contributed by atoms with Gasteiger partial charge in [-0.1, -0.05) is 24.3 Å². The van der Waals surface area contributed by atoms with Crippen molar-refractivity contribution in [1.82, 2.24) is 4.72 Å². The molecule has 29 heavy (non-hydrogen) atoms. The van der Waals surface area contributed by atoms with Crippen molar-refractivity contribution in [1.29, 1.82) is 0 Å². The first-order valence-electron chi connectivity index (χ1n) is 9.14. The van der Waals surface area contributed by atoms with E-state index in [2.05, 4.69) is 4.72 Å². The number of carbonyl (C=O) groups is 1. The second kappa shape index (κ2) is 7.16. The molecule has 0 heterocycles. The minimum atomic E-state index is -4.53. The molecular formula is C21H22F3NO3S. The standard InChI is InChI=1S/C21H22F3NO3S/c1-11-9-12(2)14(4)19(13(11)3)29(27,28)25-20(26)17-10-16(17)15-7-5-6-8-18(15)21(22,23)24/h5-9,16-17H,10H2,1-4H3,(H,25,26). The van der Waals surface area contributed by atoms with Crippen LogP contribution in [0.4, 0.5) is 13.2 Å². The van der Waals surface area contributed by atoms with Gasteiger partial charge in [-0.3, -0.25) is 4.79 Å². The molecule has 1 amide bonds. The molecule has 2 aromatic carbocycles. The van der Waals surface area contributed by atoms with Crippen molar-refractivity contribution in [2.24, 2.45) is 5.92 Å². The molecule has 2 atom stereocenters. The molecule has 1 N–H and O–H groups in total. The van der Waals surface area contributed by atoms with E-state index < -0.39 is 39.5 Å². The van der Waals surface area contributed by atoms with Gasteiger partial charge in [-0.2, -0.15) is 13.2 Å². The number of carbonyl (C=O) groups excluding carboxylic acids is 1. The van der Waals surface area contributed by atoms with E-state index in [4.69, 9.17) is 0 Å². The molecule has 2 unspecified atom stereocenters. The van der Waals surface area contributed by atoms with Gasteiger partial charge in [-0.25, -0.2) is 13.1 Å². The number of halogens is 3. The second-order valence-corrected chi connectivity index (χ2v) is 9.21. The molecule has 8 heteroatoms. The van der Waals surface area contributed by atoms with Crippen LogP contribution in [0.2, 0.25) is 0 Å². The van der Waals surface area contributed by atoms with E-state index in [-0.39, 0.29) is 16.9 Å². The summed E-state index contributed by atoms with van der Waals surface area (Å²) >= 11 is 0. The van der Waals surface area contributed by atoms with Gasteiger partial charge in [0.1, 0.15) is 0 Å². The van der Waals surface area contributed by atoms with E-state index in [0.717, 1.165) is 17.2 Å². The Labute approximate surface area is 168 Å². The number of aryl methyl sites for hydroxylation is 2. The van der Waals surface area contributed by atoms with Crippen LogP contribution in [0.5, 0.6) is 0 Å². The van der Waals surface area contributed by atoms with Crippen molar-refractivity contribution in [2.75, 3.05) is 0 Å². The van der Waals surface area contributed by atoms with Gasteiger partial charge in [-0.15, -0.1) is 0 Å². The quantitative estimate of drug-likeness (QED) is 0.782. The molecule has 0 aromatic heterocycles. The monoisotopic (exact) mass is 425 g/mol. The number of amides is 1. The zero-order valence-corrected chi connectivity index (χ0v) is 17.3. The summed E-state index contributed by atoms with van der Waals surface area (Å²) in [5, 5.41) is 0. The SMILES string of the molecule is Cc1cc(C)c(C)c(S(=O)(=O)NC(=O)C2CC2c2ccccc2C(F)(F)F)c1C. The molecule has 0 saturated heterocycles. The van der Waals surface area contributed by atoms with E-state index >= 15 is 0 Å². The highest BCUT2D eigenvalue weighted by molar-refractivity contribution is 7.90. The van der Waals surface area contributed by atoms with E-state index in [1.165, 1.54) is 18.2 Å². The Bertz CT molecular complexity index is 1060. The lowest BCUT2D eigenvalue weighted by molar-refractivity contribution is -0.138. The van der Waals surface area contributed by atoms with Gasteiger partial charge in [-0.05, 0) is 73.9 Å².